The van der Waals surface area contributed by atoms with Crippen LogP contribution in [-0.2, 0) is 9.47 Å². The minimum atomic E-state index is 0.215. The van der Waals surface area contributed by atoms with Crippen LogP contribution in [0, 0.1) is 0 Å². The number of nitrogens with zero attached hydrogens (tertiary/aromatic N) is 1. The molecule has 0 aromatic heterocycles. The highest BCUT2D eigenvalue weighted by molar-refractivity contribution is 4.91. The molecule has 1 aliphatic carbocycles. The Kier molecular flexibility index (Phi) is 8.62. The van der Waals surface area contributed by atoms with Crippen LogP contribution in [0.4, 0.5) is 0 Å². The third-order valence-electron chi connectivity index (χ3n) is 4.43. The van der Waals surface area contributed by atoms with Crippen molar-refractivity contribution in [3.05, 3.63) is 0 Å². The highest BCUT2D eigenvalue weighted by atomic mass is 16.5. The number of methoxy groups -OCH3 is 1. The lowest BCUT2D eigenvalue weighted by atomic mass is 9.88. The van der Waals surface area contributed by atoms with Crippen molar-refractivity contribution in [3.8, 4) is 0 Å². The molecule has 1 aliphatic rings. The summed E-state index contributed by atoms with van der Waals surface area (Å²) in [6, 6.07) is 0. The maximum absolute atomic E-state index is 6.08. The van der Waals surface area contributed by atoms with Crippen LogP contribution in [-0.4, -0.2) is 57.5 Å². The Bertz CT molecular complexity index is 216. The molecule has 1 rings (SSSR count). The molecule has 114 valence electrons. The third-order valence-corrected chi connectivity index (χ3v) is 4.43. The molecule has 1 saturated carbocycles. The zero-order valence-electron chi connectivity index (χ0n) is 12.8. The molecule has 0 amide bonds. The van der Waals surface area contributed by atoms with E-state index in [0.717, 1.165) is 39.3 Å². The summed E-state index contributed by atoms with van der Waals surface area (Å²) in [4.78, 5) is 2.44. The fraction of sp³-hybridized carbons (Fsp3) is 1.00. The van der Waals surface area contributed by atoms with Crippen LogP contribution in [0.25, 0.3) is 0 Å². The molecule has 0 radical (unpaired) electrons. The van der Waals surface area contributed by atoms with Gasteiger partial charge >= 0.3 is 0 Å². The molecule has 0 unspecified atom stereocenters. The average molecular weight is 272 g/mol. The molecule has 1 fully saturated rings. The lowest BCUT2D eigenvalue weighted by Crippen LogP contribution is -2.52. The quantitative estimate of drug-likeness (QED) is 0.515. The Balaban J connectivity index is 2.26. The molecule has 0 aromatic rings. The Hall–Kier alpha value is -0.160. The number of ether oxygens (including phenoxy) is 2. The van der Waals surface area contributed by atoms with Crippen molar-refractivity contribution in [2.24, 2.45) is 5.73 Å². The van der Waals surface area contributed by atoms with Crippen molar-refractivity contribution in [2.45, 2.75) is 50.5 Å². The van der Waals surface area contributed by atoms with Crippen LogP contribution in [0.2, 0.25) is 0 Å². The van der Waals surface area contributed by atoms with E-state index in [1.807, 2.05) is 0 Å². The molecule has 2 N–H and O–H groups in total. The van der Waals surface area contributed by atoms with Gasteiger partial charge in [-0.3, -0.25) is 4.90 Å². The first-order valence-corrected chi connectivity index (χ1v) is 7.73. The summed E-state index contributed by atoms with van der Waals surface area (Å²) in [5.41, 5.74) is 6.29. The Morgan fingerprint density at radius 2 is 1.74 bits per heavy atom. The van der Waals surface area contributed by atoms with Gasteiger partial charge in [-0.25, -0.2) is 0 Å². The molecular weight excluding hydrogens is 240 g/mol. The number of nitrogens with two attached hydrogens (primary N) is 1. The van der Waals surface area contributed by atoms with Crippen molar-refractivity contribution >= 4 is 0 Å². The first kappa shape index (κ1) is 16.9. The van der Waals surface area contributed by atoms with Crippen molar-refractivity contribution in [3.63, 3.8) is 0 Å². The van der Waals surface area contributed by atoms with Gasteiger partial charge in [0, 0.05) is 39.0 Å². The van der Waals surface area contributed by atoms with Gasteiger partial charge in [-0.1, -0.05) is 25.7 Å². The summed E-state index contributed by atoms with van der Waals surface area (Å²) in [5.74, 6) is 0. The van der Waals surface area contributed by atoms with Gasteiger partial charge in [0.15, 0.2) is 0 Å². The minimum Gasteiger partial charge on any atom is -0.385 e. The van der Waals surface area contributed by atoms with E-state index in [9.17, 15) is 0 Å². The van der Waals surface area contributed by atoms with Crippen LogP contribution in [0.3, 0.4) is 0 Å². The third kappa shape index (κ3) is 5.78. The Morgan fingerprint density at radius 3 is 2.32 bits per heavy atom. The smallest absolute Gasteiger partial charge is 0.0593 e. The van der Waals surface area contributed by atoms with E-state index in [1.54, 1.807) is 7.11 Å². The van der Waals surface area contributed by atoms with Crippen LogP contribution >= 0.6 is 0 Å². The highest BCUT2D eigenvalue weighted by Gasteiger charge is 2.33. The summed E-state index contributed by atoms with van der Waals surface area (Å²) in [5, 5.41) is 0. The summed E-state index contributed by atoms with van der Waals surface area (Å²) < 4.78 is 10.7. The predicted molar refractivity (Wildman–Crippen MR) is 79.4 cm³/mol. The van der Waals surface area contributed by atoms with Gasteiger partial charge in [-0.05, 0) is 26.3 Å². The van der Waals surface area contributed by atoms with E-state index in [2.05, 4.69) is 11.9 Å². The number of rotatable bonds is 9. The standard InChI is InChI=1S/C15H32N2O2/c1-17(10-13-19-12-7-11-18-2)15(14-16)8-5-3-4-6-9-15/h3-14,16H2,1-2H3. The highest BCUT2D eigenvalue weighted by Crippen LogP contribution is 2.30. The van der Waals surface area contributed by atoms with Crippen molar-refractivity contribution in [2.75, 3.05) is 47.1 Å². The molecule has 0 saturated heterocycles. The average Bonchev–Trinajstić information content (AvgIpc) is 2.68. The van der Waals surface area contributed by atoms with E-state index < -0.39 is 0 Å². The van der Waals surface area contributed by atoms with E-state index in [1.165, 1.54) is 38.5 Å². The van der Waals surface area contributed by atoms with E-state index in [-0.39, 0.29) is 5.54 Å². The van der Waals surface area contributed by atoms with Gasteiger partial charge < -0.3 is 15.2 Å². The molecule has 0 atom stereocenters. The summed E-state index contributed by atoms with van der Waals surface area (Å²) in [6.45, 7) is 4.11. The molecule has 0 aliphatic heterocycles. The SMILES string of the molecule is COCCCOCCN(C)C1(CN)CCCCCC1. The summed E-state index contributed by atoms with van der Waals surface area (Å²) >= 11 is 0. The van der Waals surface area contributed by atoms with Gasteiger partial charge in [0.05, 0.1) is 6.61 Å². The van der Waals surface area contributed by atoms with Gasteiger partial charge in [-0.2, -0.15) is 0 Å². The maximum Gasteiger partial charge on any atom is 0.0593 e. The summed E-state index contributed by atoms with van der Waals surface area (Å²) in [7, 11) is 3.93. The first-order valence-electron chi connectivity index (χ1n) is 7.73. The Labute approximate surface area is 118 Å². The fourth-order valence-corrected chi connectivity index (χ4v) is 2.97. The molecule has 0 heterocycles. The molecule has 19 heavy (non-hydrogen) atoms. The van der Waals surface area contributed by atoms with Crippen LogP contribution < -0.4 is 5.73 Å². The second kappa shape index (κ2) is 9.70. The normalized spacial score (nSPS) is 19.6. The van der Waals surface area contributed by atoms with Crippen molar-refractivity contribution in [1.82, 2.24) is 4.90 Å². The first-order chi connectivity index (χ1) is 9.25. The molecule has 0 aromatic carbocycles. The molecule has 0 bridgehead atoms. The molecular formula is C15H32N2O2. The van der Waals surface area contributed by atoms with Crippen LogP contribution in [0.5, 0.6) is 0 Å². The number of hydrogen-bond acceptors (Lipinski definition) is 4. The van der Waals surface area contributed by atoms with Gasteiger partial charge in [0.1, 0.15) is 0 Å². The van der Waals surface area contributed by atoms with E-state index in [0.29, 0.717) is 0 Å². The molecule has 4 nitrogen and oxygen atoms in total. The monoisotopic (exact) mass is 272 g/mol. The van der Waals surface area contributed by atoms with Crippen LogP contribution in [0.1, 0.15) is 44.9 Å². The lowest BCUT2D eigenvalue weighted by molar-refractivity contribution is 0.0475. The van der Waals surface area contributed by atoms with E-state index in [4.69, 9.17) is 15.2 Å². The Morgan fingerprint density at radius 1 is 1.05 bits per heavy atom. The molecule has 0 spiro atoms. The number of hydrogen-bond donors (Lipinski definition) is 1. The number of likely N-dealkylation sites (N-methyl/N-ethyl adjacent to an activating group) is 1. The second-order valence-corrected chi connectivity index (χ2v) is 5.72. The molecule has 4 heteroatoms. The summed E-state index contributed by atoms with van der Waals surface area (Å²) in [6.07, 6.45) is 8.81. The zero-order valence-corrected chi connectivity index (χ0v) is 12.8. The van der Waals surface area contributed by atoms with E-state index >= 15 is 0 Å². The van der Waals surface area contributed by atoms with Gasteiger partial charge in [0.25, 0.3) is 0 Å². The van der Waals surface area contributed by atoms with Crippen molar-refractivity contribution in [1.29, 1.82) is 0 Å². The largest absolute Gasteiger partial charge is 0.385 e. The van der Waals surface area contributed by atoms with Crippen LogP contribution in [0.15, 0.2) is 0 Å². The van der Waals surface area contributed by atoms with Gasteiger partial charge in [0.2, 0.25) is 0 Å². The maximum atomic E-state index is 6.08. The second-order valence-electron chi connectivity index (χ2n) is 5.72. The minimum absolute atomic E-state index is 0.215. The topological polar surface area (TPSA) is 47.7 Å². The van der Waals surface area contributed by atoms with Crippen molar-refractivity contribution < 1.29 is 9.47 Å². The zero-order chi connectivity index (χ0) is 14.0. The lowest BCUT2D eigenvalue weighted by Gasteiger charge is -2.41. The fourth-order valence-electron chi connectivity index (χ4n) is 2.97. The predicted octanol–water partition coefficient (Wildman–Crippen LogP) is 2.02. The van der Waals surface area contributed by atoms with Gasteiger partial charge in [-0.15, -0.1) is 0 Å².